The molecule has 0 atom stereocenters. The summed E-state index contributed by atoms with van der Waals surface area (Å²) in [6, 6.07) is 7.18. The van der Waals surface area contributed by atoms with Crippen LogP contribution in [0.25, 0.3) is 10.9 Å². The monoisotopic (exact) mass is 376 g/mol. The van der Waals surface area contributed by atoms with E-state index in [1.54, 1.807) is 16.7 Å². The molecule has 0 aliphatic carbocycles. The van der Waals surface area contributed by atoms with Gasteiger partial charge < -0.3 is 10.2 Å². The standard InChI is InChI=1S/C18H24N4O3S/c1-4-19-15(23)11-21(5-2)16(24)12-26-18-20-14-10-8-7-9-13(14)17(25)22(18)6-3/h7-10H,4-6,11-12H2,1-3H3,(H,19,23). The highest BCUT2D eigenvalue weighted by molar-refractivity contribution is 7.99. The summed E-state index contributed by atoms with van der Waals surface area (Å²) in [7, 11) is 0. The summed E-state index contributed by atoms with van der Waals surface area (Å²) in [6.45, 7) is 7.03. The lowest BCUT2D eigenvalue weighted by atomic mass is 10.2. The molecule has 2 amide bonds. The van der Waals surface area contributed by atoms with Gasteiger partial charge in [0.1, 0.15) is 0 Å². The number of aromatic nitrogens is 2. The van der Waals surface area contributed by atoms with Gasteiger partial charge in [-0.15, -0.1) is 0 Å². The zero-order valence-corrected chi connectivity index (χ0v) is 16.1. The Morgan fingerprint density at radius 2 is 1.96 bits per heavy atom. The summed E-state index contributed by atoms with van der Waals surface area (Å²) in [4.78, 5) is 42.8. The van der Waals surface area contributed by atoms with E-state index in [4.69, 9.17) is 0 Å². The first-order chi connectivity index (χ1) is 12.5. The van der Waals surface area contributed by atoms with E-state index in [0.29, 0.717) is 35.7 Å². The molecular formula is C18H24N4O3S. The fourth-order valence-corrected chi connectivity index (χ4v) is 3.52. The maximum absolute atomic E-state index is 12.6. The van der Waals surface area contributed by atoms with E-state index >= 15 is 0 Å². The van der Waals surface area contributed by atoms with Crippen molar-refractivity contribution in [2.45, 2.75) is 32.5 Å². The maximum atomic E-state index is 12.6. The number of rotatable bonds is 8. The molecule has 140 valence electrons. The molecule has 1 aromatic carbocycles. The Bertz CT molecular complexity index is 850. The van der Waals surface area contributed by atoms with Gasteiger partial charge in [-0.3, -0.25) is 19.0 Å². The Morgan fingerprint density at radius 1 is 1.23 bits per heavy atom. The van der Waals surface area contributed by atoms with E-state index in [1.165, 1.54) is 16.7 Å². The molecule has 0 spiro atoms. The minimum atomic E-state index is -0.179. The quantitative estimate of drug-likeness (QED) is 0.557. The largest absolute Gasteiger partial charge is 0.355 e. The Balaban J connectivity index is 2.16. The minimum Gasteiger partial charge on any atom is -0.355 e. The van der Waals surface area contributed by atoms with Crippen LogP contribution in [0.5, 0.6) is 0 Å². The summed E-state index contributed by atoms with van der Waals surface area (Å²) in [5.74, 6) is -0.214. The normalized spacial score (nSPS) is 10.7. The molecular weight excluding hydrogens is 352 g/mol. The molecule has 0 unspecified atom stereocenters. The second-order valence-electron chi connectivity index (χ2n) is 5.61. The third-order valence-corrected chi connectivity index (χ3v) is 4.87. The van der Waals surface area contributed by atoms with Crippen LogP contribution in [0.3, 0.4) is 0 Å². The first-order valence-corrected chi connectivity index (χ1v) is 9.67. The average Bonchev–Trinajstić information content (AvgIpc) is 2.64. The van der Waals surface area contributed by atoms with Gasteiger partial charge in [-0.25, -0.2) is 4.98 Å². The molecule has 0 saturated heterocycles. The van der Waals surface area contributed by atoms with Crippen molar-refractivity contribution in [3.8, 4) is 0 Å². The van der Waals surface area contributed by atoms with Crippen molar-refractivity contribution in [1.82, 2.24) is 19.8 Å². The lowest BCUT2D eigenvalue weighted by molar-refractivity contribution is -0.133. The van der Waals surface area contributed by atoms with Crippen LogP contribution >= 0.6 is 11.8 Å². The topological polar surface area (TPSA) is 84.3 Å². The highest BCUT2D eigenvalue weighted by Gasteiger charge is 2.17. The number of likely N-dealkylation sites (N-methyl/N-ethyl adjacent to an activating group) is 2. The van der Waals surface area contributed by atoms with E-state index in [0.717, 1.165) is 0 Å². The van der Waals surface area contributed by atoms with Crippen molar-refractivity contribution < 1.29 is 9.59 Å². The first-order valence-electron chi connectivity index (χ1n) is 8.68. The molecule has 1 aromatic heterocycles. The Morgan fingerprint density at radius 3 is 2.62 bits per heavy atom. The van der Waals surface area contributed by atoms with Gasteiger partial charge in [0.25, 0.3) is 5.56 Å². The average molecular weight is 376 g/mol. The van der Waals surface area contributed by atoms with Gasteiger partial charge in [-0.05, 0) is 32.9 Å². The summed E-state index contributed by atoms with van der Waals surface area (Å²) in [5.41, 5.74) is 0.509. The van der Waals surface area contributed by atoms with Crippen molar-refractivity contribution in [3.05, 3.63) is 34.6 Å². The number of hydrogen-bond donors (Lipinski definition) is 1. The van der Waals surface area contributed by atoms with Gasteiger partial charge in [0.05, 0.1) is 23.2 Å². The van der Waals surface area contributed by atoms with E-state index in [2.05, 4.69) is 10.3 Å². The molecule has 0 radical (unpaired) electrons. The van der Waals surface area contributed by atoms with Gasteiger partial charge in [-0.1, -0.05) is 23.9 Å². The van der Waals surface area contributed by atoms with Crippen molar-refractivity contribution >= 4 is 34.5 Å². The molecule has 8 heteroatoms. The van der Waals surface area contributed by atoms with E-state index in [1.807, 2.05) is 32.9 Å². The molecule has 0 saturated carbocycles. The molecule has 2 rings (SSSR count). The molecule has 0 aliphatic rings. The van der Waals surface area contributed by atoms with Crippen LogP contribution in [0.4, 0.5) is 0 Å². The lowest BCUT2D eigenvalue weighted by Gasteiger charge is -2.20. The number of benzene rings is 1. The Labute approximate surface area is 156 Å². The number of para-hydroxylation sites is 1. The minimum absolute atomic E-state index is 0.0372. The van der Waals surface area contributed by atoms with Crippen LogP contribution in [0, 0.1) is 0 Å². The van der Waals surface area contributed by atoms with Crippen molar-refractivity contribution in [3.63, 3.8) is 0 Å². The number of carbonyl (C=O) groups is 2. The zero-order valence-electron chi connectivity index (χ0n) is 15.3. The van der Waals surface area contributed by atoms with Crippen LogP contribution in [-0.2, 0) is 16.1 Å². The highest BCUT2D eigenvalue weighted by atomic mass is 32.2. The first kappa shape index (κ1) is 20.0. The van der Waals surface area contributed by atoms with Crippen molar-refractivity contribution in [1.29, 1.82) is 0 Å². The number of nitrogens with zero attached hydrogens (tertiary/aromatic N) is 3. The van der Waals surface area contributed by atoms with Crippen molar-refractivity contribution in [2.24, 2.45) is 0 Å². The number of fused-ring (bicyclic) bond motifs is 1. The Kier molecular flexibility index (Phi) is 7.20. The number of thioether (sulfide) groups is 1. The third-order valence-electron chi connectivity index (χ3n) is 3.91. The van der Waals surface area contributed by atoms with Crippen LogP contribution in [-0.4, -0.2) is 51.7 Å². The van der Waals surface area contributed by atoms with Gasteiger partial charge in [0, 0.05) is 19.6 Å². The van der Waals surface area contributed by atoms with E-state index in [9.17, 15) is 14.4 Å². The number of hydrogen-bond acceptors (Lipinski definition) is 5. The molecule has 1 N–H and O–H groups in total. The molecule has 7 nitrogen and oxygen atoms in total. The number of nitrogens with one attached hydrogen (secondary N) is 1. The van der Waals surface area contributed by atoms with Crippen LogP contribution in [0.2, 0.25) is 0 Å². The third kappa shape index (κ3) is 4.63. The summed E-state index contributed by atoms with van der Waals surface area (Å²) in [5, 5.41) is 3.77. The predicted octanol–water partition coefficient (Wildman–Crippen LogP) is 1.49. The predicted molar refractivity (Wildman–Crippen MR) is 103 cm³/mol. The lowest BCUT2D eigenvalue weighted by Crippen LogP contribution is -2.41. The molecule has 0 fully saturated rings. The zero-order chi connectivity index (χ0) is 19.1. The molecule has 0 aliphatic heterocycles. The second-order valence-corrected chi connectivity index (χ2v) is 6.55. The maximum Gasteiger partial charge on any atom is 0.262 e. The van der Waals surface area contributed by atoms with Gasteiger partial charge in [0.2, 0.25) is 11.8 Å². The van der Waals surface area contributed by atoms with Gasteiger partial charge >= 0.3 is 0 Å². The van der Waals surface area contributed by atoms with Crippen LogP contribution in [0.15, 0.2) is 34.2 Å². The van der Waals surface area contributed by atoms with E-state index < -0.39 is 0 Å². The highest BCUT2D eigenvalue weighted by Crippen LogP contribution is 2.18. The number of carbonyl (C=O) groups excluding carboxylic acids is 2. The van der Waals surface area contributed by atoms with Crippen molar-refractivity contribution in [2.75, 3.05) is 25.4 Å². The molecule has 0 bridgehead atoms. The number of amides is 2. The molecule has 2 aromatic rings. The SMILES string of the molecule is CCNC(=O)CN(CC)C(=O)CSc1nc2ccccc2c(=O)n1CC. The van der Waals surface area contributed by atoms with E-state index in [-0.39, 0.29) is 29.7 Å². The summed E-state index contributed by atoms with van der Waals surface area (Å²) >= 11 is 1.22. The fourth-order valence-electron chi connectivity index (χ4n) is 2.56. The summed E-state index contributed by atoms with van der Waals surface area (Å²) < 4.78 is 1.57. The summed E-state index contributed by atoms with van der Waals surface area (Å²) in [6.07, 6.45) is 0. The Hall–Kier alpha value is -2.35. The molecule has 26 heavy (non-hydrogen) atoms. The van der Waals surface area contributed by atoms with Crippen LogP contribution in [0.1, 0.15) is 20.8 Å². The smallest absolute Gasteiger partial charge is 0.262 e. The van der Waals surface area contributed by atoms with Gasteiger partial charge in [-0.2, -0.15) is 0 Å². The fraction of sp³-hybridized carbons (Fsp3) is 0.444. The molecule has 1 heterocycles. The van der Waals surface area contributed by atoms with Crippen LogP contribution < -0.4 is 10.9 Å². The second kappa shape index (κ2) is 9.38. The van der Waals surface area contributed by atoms with Gasteiger partial charge in [0.15, 0.2) is 5.16 Å².